The van der Waals surface area contributed by atoms with Crippen molar-refractivity contribution in [2.45, 2.75) is 39.3 Å². The summed E-state index contributed by atoms with van der Waals surface area (Å²) >= 11 is 0. The summed E-state index contributed by atoms with van der Waals surface area (Å²) in [4.78, 5) is 12.7. The monoisotopic (exact) mass is 286 g/mol. The van der Waals surface area contributed by atoms with Crippen LogP contribution < -0.4 is 22.1 Å². The van der Waals surface area contributed by atoms with E-state index in [1.165, 1.54) is 0 Å². The molecule has 2 bridgehead atoms. The van der Waals surface area contributed by atoms with Crippen molar-refractivity contribution in [2.24, 2.45) is 16.7 Å². The standard InChI is InChI=1S/C16H22N4O/c1-15(2)8-3-4-16(15,13(21)5-8)14-19-11-6-9(17)10(18)7-12(11)20-14/h6-8,14,19-20H,3-5,17-18H2,1-2H3. The number of benzene rings is 1. The molecule has 5 nitrogen and oxygen atoms in total. The Morgan fingerprint density at radius 2 is 1.71 bits per heavy atom. The van der Waals surface area contributed by atoms with E-state index in [1.54, 1.807) is 0 Å². The van der Waals surface area contributed by atoms with Crippen LogP contribution in [0, 0.1) is 16.7 Å². The third kappa shape index (κ3) is 1.34. The molecule has 3 aliphatic rings. The van der Waals surface area contributed by atoms with Crippen LogP contribution >= 0.6 is 0 Å². The minimum Gasteiger partial charge on any atom is -0.397 e. The number of Topliss-reactive ketones (excluding diaryl/α,β-unsaturated/α-hetero) is 1. The van der Waals surface area contributed by atoms with Crippen LogP contribution in [0.15, 0.2) is 12.1 Å². The largest absolute Gasteiger partial charge is 0.397 e. The third-order valence-electron chi connectivity index (χ3n) is 6.30. The van der Waals surface area contributed by atoms with Gasteiger partial charge in [0.1, 0.15) is 11.9 Å². The van der Waals surface area contributed by atoms with Crippen molar-refractivity contribution in [3.63, 3.8) is 0 Å². The van der Waals surface area contributed by atoms with E-state index in [2.05, 4.69) is 24.5 Å². The third-order valence-corrected chi connectivity index (χ3v) is 6.30. The Morgan fingerprint density at radius 1 is 1.14 bits per heavy atom. The van der Waals surface area contributed by atoms with Crippen LogP contribution in [0.4, 0.5) is 22.7 Å². The van der Waals surface area contributed by atoms with E-state index in [1.807, 2.05) is 12.1 Å². The minimum atomic E-state index is -0.333. The van der Waals surface area contributed by atoms with Gasteiger partial charge in [0.15, 0.2) is 0 Å². The van der Waals surface area contributed by atoms with Crippen LogP contribution in [-0.4, -0.2) is 11.9 Å². The van der Waals surface area contributed by atoms with E-state index in [4.69, 9.17) is 11.5 Å². The van der Waals surface area contributed by atoms with E-state index in [-0.39, 0.29) is 17.0 Å². The number of nitrogens with one attached hydrogen (secondary N) is 2. The van der Waals surface area contributed by atoms with Gasteiger partial charge in [-0.3, -0.25) is 4.79 Å². The molecule has 2 aliphatic carbocycles. The second-order valence-corrected chi connectivity index (χ2v) is 7.30. The molecular weight excluding hydrogens is 264 g/mol. The van der Waals surface area contributed by atoms with E-state index >= 15 is 0 Å². The molecule has 2 fully saturated rings. The number of anilines is 4. The Morgan fingerprint density at radius 3 is 2.14 bits per heavy atom. The summed E-state index contributed by atoms with van der Waals surface area (Å²) in [6.45, 7) is 4.48. The fourth-order valence-corrected chi connectivity index (χ4v) is 4.85. The molecule has 1 heterocycles. The molecule has 2 saturated carbocycles. The number of fused-ring (bicyclic) bond motifs is 3. The summed E-state index contributed by atoms with van der Waals surface area (Å²) in [6, 6.07) is 3.71. The van der Waals surface area contributed by atoms with Gasteiger partial charge in [0.25, 0.3) is 0 Å². The molecule has 5 heteroatoms. The Kier molecular flexibility index (Phi) is 2.22. The molecule has 0 spiro atoms. The Hall–Kier alpha value is -1.91. The highest BCUT2D eigenvalue weighted by Crippen LogP contribution is 2.66. The topological polar surface area (TPSA) is 93.2 Å². The maximum Gasteiger partial charge on any atom is 0.143 e. The molecule has 112 valence electrons. The van der Waals surface area contributed by atoms with Gasteiger partial charge in [-0.15, -0.1) is 0 Å². The zero-order chi connectivity index (χ0) is 15.0. The molecule has 6 N–H and O–H groups in total. The van der Waals surface area contributed by atoms with Crippen LogP contribution in [0.5, 0.6) is 0 Å². The lowest BCUT2D eigenvalue weighted by molar-refractivity contribution is -0.129. The van der Waals surface area contributed by atoms with Gasteiger partial charge in [-0.1, -0.05) is 13.8 Å². The summed E-state index contributed by atoms with van der Waals surface area (Å²) in [6.07, 6.45) is 2.74. The van der Waals surface area contributed by atoms with Gasteiger partial charge in [0.05, 0.1) is 28.2 Å². The first-order chi connectivity index (χ1) is 9.86. The minimum absolute atomic E-state index is 0.0217. The van der Waals surface area contributed by atoms with Gasteiger partial charge >= 0.3 is 0 Å². The summed E-state index contributed by atoms with van der Waals surface area (Å²) in [5.74, 6) is 0.898. The normalized spacial score (nSPS) is 32.9. The highest BCUT2D eigenvalue weighted by molar-refractivity contribution is 5.93. The average molecular weight is 286 g/mol. The number of hydrogen-bond acceptors (Lipinski definition) is 5. The molecular formula is C16H22N4O. The quantitative estimate of drug-likeness (QED) is 0.595. The van der Waals surface area contributed by atoms with Crippen molar-refractivity contribution in [2.75, 3.05) is 22.1 Å². The van der Waals surface area contributed by atoms with E-state index in [9.17, 15) is 4.79 Å². The number of carbonyl (C=O) groups excluding carboxylic acids is 1. The second kappa shape index (κ2) is 3.64. The van der Waals surface area contributed by atoms with Gasteiger partial charge in [-0.2, -0.15) is 0 Å². The molecule has 1 aromatic carbocycles. The van der Waals surface area contributed by atoms with Gasteiger partial charge in [-0.25, -0.2) is 0 Å². The Labute approximate surface area is 124 Å². The van der Waals surface area contributed by atoms with Crippen molar-refractivity contribution in [1.29, 1.82) is 0 Å². The van der Waals surface area contributed by atoms with Crippen LogP contribution in [-0.2, 0) is 4.79 Å². The van der Waals surface area contributed by atoms with Gasteiger partial charge in [0, 0.05) is 6.42 Å². The molecule has 1 aromatic rings. The zero-order valence-electron chi connectivity index (χ0n) is 12.5. The molecule has 0 amide bonds. The lowest BCUT2D eigenvalue weighted by atomic mass is 9.67. The number of rotatable bonds is 1. The summed E-state index contributed by atoms with van der Waals surface area (Å²) in [5, 5.41) is 6.96. The van der Waals surface area contributed by atoms with Crippen molar-refractivity contribution < 1.29 is 4.79 Å². The molecule has 2 atom stereocenters. The smallest absolute Gasteiger partial charge is 0.143 e. The maximum absolute atomic E-state index is 12.7. The van der Waals surface area contributed by atoms with E-state index in [0.29, 0.717) is 29.5 Å². The van der Waals surface area contributed by atoms with Crippen LogP contribution in [0.1, 0.15) is 33.1 Å². The molecule has 4 rings (SSSR count). The SMILES string of the molecule is CC1(C)C2CCC1(C1Nc3cc(N)c(N)cc3N1)C(=O)C2. The predicted molar refractivity (Wildman–Crippen MR) is 84.9 cm³/mol. The lowest BCUT2D eigenvalue weighted by Crippen LogP contribution is -2.51. The first kappa shape index (κ1) is 12.8. The molecule has 0 saturated heterocycles. The molecule has 21 heavy (non-hydrogen) atoms. The van der Waals surface area contributed by atoms with Gasteiger partial charge in [-0.05, 0) is 36.3 Å². The zero-order valence-corrected chi connectivity index (χ0v) is 12.5. The van der Waals surface area contributed by atoms with Crippen molar-refractivity contribution in [3.05, 3.63) is 12.1 Å². The number of nitrogens with two attached hydrogens (primary N) is 2. The van der Waals surface area contributed by atoms with Crippen molar-refractivity contribution in [3.8, 4) is 0 Å². The van der Waals surface area contributed by atoms with Gasteiger partial charge in [0.2, 0.25) is 0 Å². The van der Waals surface area contributed by atoms with Crippen molar-refractivity contribution in [1.82, 2.24) is 0 Å². The van der Waals surface area contributed by atoms with E-state index in [0.717, 1.165) is 24.2 Å². The van der Waals surface area contributed by atoms with E-state index < -0.39 is 0 Å². The Bertz CT molecular complexity index is 623. The number of carbonyl (C=O) groups is 1. The number of hydrogen-bond donors (Lipinski definition) is 4. The van der Waals surface area contributed by atoms with Gasteiger partial charge < -0.3 is 22.1 Å². The number of nitrogen functional groups attached to an aromatic ring is 2. The highest BCUT2D eigenvalue weighted by atomic mass is 16.1. The first-order valence-electron chi connectivity index (χ1n) is 7.61. The molecule has 2 unspecified atom stereocenters. The summed E-state index contributed by atoms with van der Waals surface area (Å²) in [7, 11) is 0. The van der Waals surface area contributed by atoms with Crippen LogP contribution in [0.3, 0.4) is 0 Å². The second-order valence-electron chi connectivity index (χ2n) is 7.30. The number of ketones is 1. The summed E-state index contributed by atoms with van der Waals surface area (Å²) in [5.41, 5.74) is 14.5. The molecule has 0 radical (unpaired) electrons. The molecule has 1 aliphatic heterocycles. The average Bonchev–Trinajstić information content (AvgIpc) is 2.97. The maximum atomic E-state index is 12.7. The highest BCUT2D eigenvalue weighted by Gasteiger charge is 2.68. The summed E-state index contributed by atoms with van der Waals surface area (Å²) < 4.78 is 0. The molecule has 0 aromatic heterocycles. The fraction of sp³-hybridized carbons (Fsp3) is 0.562. The van der Waals surface area contributed by atoms with Crippen LogP contribution in [0.25, 0.3) is 0 Å². The lowest BCUT2D eigenvalue weighted by Gasteiger charge is -2.41. The first-order valence-corrected chi connectivity index (χ1v) is 7.61. The fourth-order valence-electron chi connectivity index (χ4n) is 4.85. The van der Waals surface area contributed by atoms with Crippen LogP contribution in [0.2, 0.25) is 0 Å². The predicted octanol–water partition coefficient (Wildman–Crippen LogP) is 2.41. The Balaban J connectivity index is 1.75. The van der Waals surface area contributed by atoms with Crippen molar-refractivity contribution >= 4 is 28.5 Å².